The minimum Gasteiger partial charge on any atom is -0.283 e. The van der Waals surface area contributed by atoms with Gasteiger partial charge in [-0.2, -0.15) is 5.26 Å². The summed E-state index contributed by atoms with van der Waals surface area (Å²) in [5.41, 5.74) is 0.0820. The third kappa shape index (κ3) is 3.34. The third-order valence-corrected chi connectivity index (χ3v) is 5.94. The minimum atomic E-state index is -0.658. The van der Waals surface area contributed by atoms with Crippen LogP contribution in [-0.2, 0) is 6.54 Å². The molecule has 10 heteroatoms. The maximum Gasteiger partial charge on any atom is 0.305 e. The molecule has 0 saturated carbocycles. The second-order valence-corrected chi connectivity index (χ2v) is 7.74. The lowest BCUT2D eigenvalue weighted by atomic mass is 10.2. The Bertz CT molecular complexity index is 1190. The van der Waals surface area contributed by atoms with Crippen LogP contribution < -0.4 is 5.56 Å². The fraction of sp³-hybridized carbons (Fsp3) is 0.176. The van der Waals surface area contributed by atoms with Gasteiger partial charge in [0.25, 0.3) is 5.56 Å². The summed E-state index contributed by atoms with van der Waals surface area (Å²) in [5.74, 6) is 0. The third-order valence-electron chi connectivity index (χ3n) is 3.91. The Morgan fingerprint density at radius 2 is 2.19 bits per heavy atom. The molecule has 0 aliphatic carbocycles. The zero-order valence-corrected chi connectivity index (χ0v) is 16.1. The van der Waals surface area contributed by atoms with Crippen LogP contribution in [0.1, 0.15) is 16.1 Å². The van der Waals surface area contributed by atoms with Gasteiger partial charge in [0.1, 0.15) is 15.9 Å². The van der Waals surface area contributed by atoms with Crippen molar-refractivity contribution in [2.45, 2.75) is 30.6 Å². The van der Waals surface area contributed by atoms with E-state index < -0.39 is 4.92 Å². The van der Waals surface area contributed by atoms with Crippen molar-refractivity contribution in [3.63, 3.8) is 0 Å². The summed E-state index contributed by atoms with van der Waals surface area (Å²) in [6, 6.07) is 4.38. The lowest BCUT2D eigenvalue weighted by Gasteiger charge is -2.10. The lowest BCUT2D eigenvalue weighted by molar-refractivity contribution is -0.385. The smallest absolute Gasteiger partial charge is 0.283 e. The van der Waals surface area contributed by atoms with Gasteiger partial charge in [-0.3, -0.25) is 19.5 Å². The monoisotopic (exact) mass is 399 g/mol. The summed E-state index contributed by atoms with van der Waals surface area (Å²) >= 11 is 2.51. The van der Waals surface area contributed by atoms with Crippen LogP contribution in [0.4, 0.5) is 5.69 Å². The maximum atomic E-state index is 12.9. The highest BCUT2D eigenvalue weighted by molar-refractivity contribution is 7.99. The van der Waals surface area contributed by atoms with Crippen molar-refractivity contribution in [2.24, 2.45) is 0 Å². The van der Waals surface area contributed by atoms with Crippen LogP contribution in [0.5, 0.6) is 0 Å². The number of hydrogen-bond donors (Lipinski definition) is 0. The molecular weight excluding hydrogens is 386 g/mol. The number of nitrogens with zero attached hydrogens (tertiary/aromatic N) is 5. The molecule has 0 aliphatic heterocycles. The van der Waals surface area contributed by atoms with Gasteiger partial charge in [-0.05, 0) is 37.2 Å². The van der Waals surface area contributed by atoms with Crippen molar-refractivity contribution in [3.05, 3.63) is 61.4 Å². The van der Waals surface area contributed by atoms with E-state index >= 15 is 0 Å². The van der Waals surface area contributed by atoms with E-state index in [0.717, 1.165) is 22.2 Å². The summed E-state index contributed by atoms with van der Waals surface area (Å²) in [4.78, 5) is 33.5. The normalized spacial score (nSPS) is 10.7. The predicted octanol–water partition coefficient (Wildman–Crippen LogP) is 3.59. The predicted molar refractivity (Wildman–Crippen MR) is 103 cm³/mol. The summed E-state index contributed by atoms with van der Waals surface area (Å²) < 4.78 is 1.48. The fourth-order valence-electron chi connectivity index (χ4n) is 2.49. The van der Waals surface area contributed by atoms with E-state index in [1.807, 2.05) is 13.8 Å². The Morgan fingerprint density at radius 3 is 2.81 bits per heavy atom. The molecule has 0 radical (unpaired) electrons. The van der Waals surface area contributed by atoms with Gasteiger partial charge in [0.05, 0.1) is 10.3 Å². The van der Waals surface area contributed by atoms with E-state index in [-0.39, 0.29) is 23.5 Å². The molecule has 136 valence electrons. The SMILES string of the molecule is C=CCn1c(Sc2ccc([N+](=O)[O-])c(C#N)n2)nc2sc(C)c(C)c2c1=O. The highest BCUT2D eigenvalue weighted by Crippen LogP contribution is 2.31. The zero-order valence-electron chi connectivity index (χ0n) is 14.4. The quantitative estimate of drug-likeness (QED) is 0.279. The summed E-state index contributed by atoms with van der Waals surface area (Å²) in [6.45, 7) is 7.77. The first-order valence-electron chi connectivity index (χ1n) is 7.72. The first kappa shape index (κ1) is 18.8. The maximum absolute atomic E-state index is 12.9. The van der Waals surface area contributed by atoms with Gasteiger partial charge in [0.15, 0.2) is 5.16 Å². The van der Waals surface area contributed by atoms with Crippen LogP contribution >= 0.6 is 23.1 Å². The first-order valence-corrected chi connectivity index (χ1v) is 9.35. The molecule has 0 saturated heterocycles. The molecule has 0 aromatic carbocycles. The molecule has 0 aliphatic rings. The molecule has 0 spiro atoms. The minimum absolute atomic E-state index is 0.174. The molecule has 0 unspecified atom stereocenters. The number of fused-ring (bicyclic) bond motifs is 1. The van der Waals surface area contributed by atoms with Crippen LogP contribution in [0.2, 0.25) is 0 Å². The molecule has 3 rings (SSSR count). The number of pyridine rings is 1. The summed E-state index contributed by atoms with van der Waals surface area (Å²) in [7, 11) is 0. The molecule has 0 N–H and O–H groups in total. The van der Waals surface area contributed by atoms with Crippen molar-refractivity contribution in [1.82, 2.24) is 14.5 Å². The van der Waals surface area contributed by atoms with Gasteiger partial charge in [-0.15, -0.1) is 17.9 Å². The van der Waals surface area contributed by atoms with Gasteiger partial charge in [0, 0.05) is 17.5 Å². The molecular formula is C17H13N5O3S2. The van der Waals surface area contributed by atoms with Crippen molar-refractivity contribution >= 4 is 39.0 Å². The zero-order chi connectivity index (χ0) is 19.7. The molecule has 3 heterocycles. The number of allylic oxidation sites excluding steroid dienone is 1. The first-order chi connectivity index (χ1) is 12.9. The Kier molecular flexibility index (Phi) is 5.07. The topological polar surface area (TPSA) is 115 Å². The van der Waals surface area contributed by atoms with E-state index in [9.17, 15) is 14.9 Å². The van der Waals surface area contributed by atoms with E-state index in [0.29, 0.717) is 20.4 Å². The van der Waals surface area contributed by atoms with Crippen LogP contribution in [0.3, 0.4) is 0 Å². The van der Waals surface area contributed by atoms with Crippen molar-refractivity contribution in [2.75, 3.05) is 0 Å². The number of rotatable bonds is 5. The van der Waals surface area contributed by atoms with Gasteiger partial charge in [0.2, 0.25) is 5.69 Å². The van der Waals surface area contributed by atoms with Crippen LogP contribution in [-0.4, -0.2) is 19.5 Å². The molecule has 0 atom stereocenters. The summed E-state index contributed by atoms with van der Waals surface area (Å²) in [6.07, 6.45) is 1.59. The number of nitriles is 1. The molecule has 0 bridgehead atoms. The molecule has 0 amide bonds. The highest BCUT2D eigenvalue weighted by Gasteiger charge is 2.19. The van der Waals surface area contributed by atoms with Crippen molar-refractivity contribution in [1.29, 1.82) is 5.26 Å². The van der Waals surface area contributed by atoms with Gasteiger partial charge in [-0.25, -0.2) is 9.97 Å². The number of aryl methyl sites for hydroxylation is 2. The highest BCUT2D eigenvalue weighted by atomic mass is 32.2. The van der Waals surface area contributed by atoms with E-state index in [2.05, 4.69) is 16.5 Å². The largest absolute Gasteiger partial charge is 0.305 e. The van der Waals surface area contributed by atoms with Crippen LogP contribution in [0.25, 0.3) is 10.2 Å². The number of nitro groups is 1. The second kappa shape index (κ2) is 7.30. The Hall–Kier alpha value is -3.03. The van der Waals surface area contributed by atoms with Crippen LogP contribution in [0, 0.1) is 35.3 Å². The molecule has 3 aromatic heterocycles. The average Bonchev–Trinajstić information content (AvgIpc) is 2.92. The number of thiophene rings is 1. The molecule has 3 aromatic rings. The van der Waals surface area contributed by atoms with Gasteiger partial charge in [-0.1, -0.05) is 6.08 Å². The fourth-order valence-corrected chi connectivity index (χ4v) is 4.43. The lowest BCUT2D eigenvalue weighted by Crippen LogP contribution is -2.22. The molecule has 27 heavy (non-hydrogen) atoms. The standard InChI is InChI=1S/C17H13N5O3S2/c1-4-7-21-16(23)14-9(2)10(3)26-15(14)20-17(21)27-13-6-5-12(22(24)25)11(8-18)19-13/h4-6H,1,7H2,2-3H3. The van der Waals surface area contributed by atoms with E-state index in [4.69, 9.17) is 5.26 Å². The van der Waals surface area contributed by atoms with Gasteiger partial charge >= 0.3 is 5.69 Å². The van der Waals surface area contributed by atoms with Gasteiger partial charge < -0.3 is 0 Å². The molecule has 8 nitrogen and oxygen atoms in total. The Morgan fingerprint density at radius 1 is 1.44 bits per heavy atom. The Balaban J connectivity index is 2.16. The van der Waals surface area contributed by atoms with Crippen molar-refractivity contribution < 1.29 is 4.92 Å². The summed E-state index contributed by atoms with van der Waals surface area (Å²) in [5, 5.41) is 21.4. The average molecular weight is 399 g/mol. The molecule has 0 fully saturated rings. The number of aromatic nitrogens is 3. The number of hydrogen-bond acceptors (Lipinski definition) is 8. The van der Waals surface area contributed by atoms with Crippen LogP contribution in [0.15, 0.2) is 39.8 Å². The van der Waals surface area contributed by atoms with Crippen molar-refractivity contribution in [3.8, 4) is 6.07 Å². The second-order valence-electron chi connectivity index (χ2n) is 5.55. The Labute approximate surface area is 162 Å². The van der Waals surface area contributed by atoms with E-state index in [1.165, 1.54) is 28.0 Å². The van der Waals surface area contributed by atoms with E-state index in [1.54, 1.807) is 12.1 Å².